The molecule has 0 radical (unpaired) electrons. The van der Waals surface area contributed by atoms with Gasteiger partial charge in [0.15, 0.2) is 0 Å². The summed E-state index contributed by atoms with van der Waals surface area (Å²) in [5.74, 6) is -0.216. The van der Waals surface area contributed by atoms with E-state index in [1.807, 2.05) is 38.1 Å². The minimum absolute atomic E-state index is 0.0922. The highest BCUT2D eigenvalue weighted by Crippen LogP contribution is 2.23. The molecule has 0 aliphatic carbocycles. The van der Waals surface area contributed by atoms with E-state index in [0.29, 0.717) is 6.42 Å². The van der Waals surface area contributed by atoms with Crippen LogP contribution in [0.1, 0.15) is 31.9 Å². The number of hydrogen-bond acceptors (Lipinski definition) is 3. The molecule has 0 aromatic heterocycles. The van der Waals surface area contributed by atoms with Crippen LogP contribution >= 0.6 is 15.9 Å². The quantitative estimate of drug-likeness (QED) is 0.849. The van der Waals surface area contributed by atoms with Crippen LogP contribution in [0.4, 0.5) is 0 Å². The van der Waals surface area contributed by atoms with Crippen LogP contribution in [0.3, 0.4) is 0 Å². The third-order valence-electron chi connectivity index (χ3n) is 2.72. The van der Waals surface area contributed by atoms with Crippen molar-refractivity contribution >= 4 is 21.9 Å². The van der Waals surface area contributed by atoms with E-state index in [1.54, 1.807) is 0 Å². The lowest BCUT2D eigenvalue weighted by Gasteiger charge is -2.21. The molecule has 0 amide bonds. The number of carbonyl (C=O) groups is 1. The van der Waals surface area contributed by atoms with Crippen LogP contribution < -0.4 is 5.32 Å². The molecule has 0 fully saturated rings. The molecule has 0 saturated carbocycles. The molecule has 0 aliphatic rings. The Bertz CT molecular complexity index is 381. The van der Waals surface area contributed by atoms with Crippen molar-refractivity contribution in [2.24, 2.45) is 0 Å². The fourth-order valence-corrected chi connectivity index (χ4v) is 2.34. The zero-order valence-electron chi connectivity index (χ0n) is 10.4. The number of rotatable bonds is 5. The van der Waals surface area contributed by atoms with Gasteiger partial charge in [-0.3, -0.25) is 10.1 Å². The fourth-order valence-electron chi connectivity index (χ4n) is 1.71. The van der Waals surface area contributed by atoms with Gasteiger partial charge in [-0.05, 0) is 25.0 Å². The second-order valence-electron chi connectivity index (χ2n) is 3.89. The molecule has 4 heteroatoms. The molecule has 17 heavy (non-hydrogen) atoms. The SMILES string of the molecule is CCC(NC(C)c1ccccc1Br)C(=O)OC. The molecule has 2 atom stereocenters. The highest BCUT2D eigenvalue weighted by atomic mass is 79.9. The van der Waals surface area contributed by atoms with Gasteiger partial charge in [-0.1, -0.05) is 41.1 Å². The van der Waals surface area contributed by atoms with E-state index in [4.69, 9.17) is 4.74 Å². The molecule has 0 saturated heterocycles. The van der Waals surface area contributed by atoms with Gasteiger partial charge in [0.25, 0.3) is 0 Å². The average Bonchev–Trinajstić information content (AvgIpc) is 2.35. The molecule has 1 N–H and O–H groups in total. The Labute approximate surface area is 111 Å². The highest BCUT2D eigenvalue weighted by Gasteiger charge is 2.20. The largest absolute Gasteiger partial charge is 0.468 e. The predicted octanol–water partition coefficient (Wildman–Crippen LogP) is 3.05. The standard InChI is InChI=1S/C13H18BrNO2/c1-4-12(13(16)17-3)15-9(2)10-7-5-6-8-11(10)14/h5-9,12,15H,4H2,1-3H3. The number of benzene rings is 1. The van der Waals surface area contributed by atoms with Gasteiger partial charge in [0, 0.05) is 10.5 Å². The lowest BCUT2D eigenvalue weighted by atomic mass is 10.1. The van der Waals surface area contributed by atoms with Crippen LogP contribution in [0, 0.1) is 0 Å². The van der Waals surface area contributed by atoms with Crippen LogP contribution in [0.5, 0.6) is 0 Å². The van der Waals surface area contributed by atoms with E-state index in [2.05, 4.69) is 21.2 Å². The average molecular weight is 300 g/mol. The number of halogens is 1. The molecule has 1 aromatic carbocycles. The number of methoxy groups -OCH3 is 1. The van der Waals surface area contributed by atoms with Crippen molar-refractivity contribution in [3.8, 4) is 0 Å². The number of nitrogens with one attached hydrogen (secondary N) is 1. The molecule has 2 unspecified atom stereocenters. The summed E-state index contributed by atoms with van der Waals surface area (Å²) in [5, 5.41) is 3.27. The zero-order valence-corrected chi connectivity index (χ0v) is 12.0. The fraction of sp³-hybridized carbons (Fsp3) is 0.462. The summed E-state index contributed by atoms with van der Waals surface area (Å²) >= 11 is 3.51. The first-order valence-corrected chi connectivity index (χ1v) is 6.47. The van der Waals surface area contributed by atoms with Crippen LogP contribution in [0.2, 0.25) is 0 Å². The Morgan fingerprint density at radius 2 is 2.12 bits per heavy atom. The second-order valence-corrected chi connectivity index (χ2v) is 4.75. The Hall–Kier alpha value is -0.870. The van der Waals surface area contributed by atoms with Crippen LogP contribution in [0.15, 0.2) is 28.7 Å². The van der Waals surface area contributed by atoms with Gasteiger partial charge in [0.1, 0.15) is 6.04 Å². The predicted molar refractivity (Wildman–Crippen MR) is 71.8 cm³/mol. The number of esters is 1. The van der Waals surface area contributed by atoms with Crippen molar-refractivity contribution in [2.45, 2.75) is 32.4 Å². The Kier molecular flexibility index (Phi) is 5.65. The smallest absolute Gasteiger partial charge is 0.322 e. The van der Waals surface area contributed by atoms with Gasteiger partial charge in [-0.15, -0.1) is 0 Å². The summed E-state index contributed by atoms with van der Waals surface area (Å²) in [4.78, 5) is 11.5. The van der Waals surface area contributed by atoms with E-state index < -0.39 is 0 Å². The Morgan fingerprint density at radius 1 is 1.47 bits per heavy atom. The molecule has 1 rings (SSSR count). The van der Waals surface area contributed by atoms with Gasteiger partial charge < -0.3 is 4.74 Å². The van der Waals surface area contributed by atoms with E-state index in [-0.39, 0.29) is 18.1 Å². The molecule has 1 aromatic rings. The van der Waals surface area contributed by atoms with Crippen molar-refractivity contribution in [3.05, 3.63) is 34.3 Å². The molecule has 0 spiro atoms. The Morgan fingerprint density at radius 3 is 2.65 bits per heavy atom. The summed E-state index contributed by atoms with van der Waals surface area (Å²) in [6.07, 6.45) is 0.710. The van der Waals surface area contributed by atoms with Gasteiger partial charge in [-0.2, -0.15) is 0 Å². The van der Waals surface area contributed by atoms with E-state index >= 15 is 0 Å². The number of hydrogen-bond donors (Lipinski definition) is 1. The summed E-state index contributed by atoms with van der Waals surface area (Å²) < 4.78 is 5.80. The third-order valence-corrected chi connectivity index (χ3v) is 3.44. The van der Waals surface area contributed by atoms with Gasteiger partial charge >= 0.3 is 5.97 Å². The third kappa shape index (κ3) is 3.82. The maximum absolute atomic E-state index is 11.5. The van der Waals surface area contributed by atoms with Crippen molar-refractivity contribution in [3.63, 3.8) is 0 Å². The minimum Gasteiger partial charge on any atom is -0.468 e. The van der Waals surface area contributed by atoms with Crippen LogP contribution in [-0.4, -0.2) is 19.1 Å². The maximum atomic E-state index is 11.5. The van der Waals surface area contributed by atoms with E-state index in [1.165, 1.54) is 7.11 Å². The lowest BCUT2D eigenvalue weighted by molar-refractivity contribution is -0.143. The minimum atomic E-state index is -0.262. The first kappa shape index (κ1) is 14.2. The van der Waals surface area contributed by atoms with Crippen LogP contribution in [-0.2, 0) is 9.53 Å². The Balaban J connectivity index is 2.74. The van der Waals surface area contributed by atoms with Crippen molar-refractivity contribution in [1.29, 1.82) is 0 Å². The lowest BCUT2D eigenvalue weighted by Crippen LogP contribution is -2.38. The van der Waals surface area contributed by atoms with Crippen molar-refractivity contribution in [2.75, 3.05) is 7.11 Å². The first-order chi connectivity index (χ1) is 8.10. The molecule has 3 nitrogen and oxygen atoms in total. The molecular formula is C13H18BrNO2. The molecule has 0 heterocycles. The topological polar surface area (TPSA) is 38.3 Å². The second kappa shape index (κ2) is 6.77. The maximum Gasteiger partial charge on any atom is 0.322 e. The monoisotopic (exact) mass is 299 g/mol. The van der Waals surface area contributed by atoms with Gasteiger partial charge in [0.05, 0.1) is 7.11 Å². The first-order valence-electron chi connectivity index (χ1n) is 5.68. The van der Waals surface area contributed by atoms with Crippen LogP contribution in [0.25, 0.3) is 0 Å². The molecule has 94 valence electrons. The number of carbonyl (C=O) groups excluding carboxylic acids is 1. The van der Waals surface area contributed by atoms with Gasteiger partial charge in [-0.25, -0.2) is 0 Å². The highest BCUT2D eigenvalue weighted by molar-refractivity contribution is 9.10. The molecule has 0 aliphatic heterocycles. The summed E-state index contributed by atoms with van der Waals surface area (Å²) in [5.41, 5.74) is 1.13. The van der Waals surface area contributed by atoms with Crippen molar-refractivity contribution in [1.82, 2.24) is 5.32 Å². The van der Waals surface area contributed by atoms with Crippen molar-refractivity contribution < 1.29 is 9.53 Å². The molecular weight excluding hydrogens is 282 g/mol. The van der Waals surface area contributed by atoms with E-state index in [0.717, 1.165) is 10.0 Å². The summed E-state index contributed by atoms with van der Waals surface area (Å²) in [6.45, 7) is 3.99. The van der Waals surface area contributed by atoms with E-state index in [9.17, 15) is 4.79 Å². The summed E-state index contributed by atoms with van der Waals surface area (Å²) in [6, 6.07) is 7.81. The summed E-state index contributed by atoms with van der Waals surface area (Å²) in [7, 11) is 1.41. The number of ether oxygens (including phenoxy) is 1. The normalized spacial score (nSPS) is 14.1. The molecule has 0 bridgehead atoms. The van der Waals surface area contributed by atoms with Gasteiger partial charge in [0.2, 0.25) is 0 Å². The zero-order chi connectivity index (χ0) is 12.8.